The zero-order chi connectivity index (χ0) is 9.42. The van der Waals surface area contributed by atoms with E-state index in [1.807, 2.05) is 0 Å². The van der Waals surface area contributed by atoms with Gasteiger partial charge in [-0.1, -0.05) is 5.16 Å². The normalized spacial score (nSPS) is 10.5. The number of nitro benzene ring substituents is 1. The average Bonchev–Trinajstić information content (AvgIpc) is 2.47. The predicted molar refractivity (Wildman–Crippen MR) is 45.4 cm³/mol. The molecular weight excluding hydrogens is 172 g/mol. The van der Waals surface area contributed by atoms with Gasteiger partial charge in [0.2, 0.25) is 0 Å². The van der Waals surface area contributed by atoms with E-state index in [2.05, 4.69) is 5.16 Å². The molecule has 0 amide bonds. The van der Waals surface area contributed by atoms with Crippen molar-refractivity contribution < 1.29 is 9.45 Å². The van der Waals surface area contributed by atoms with Crippen LogP contribution in [0.2, 0.25) is 0 Å². The maximum atomic E-state index is 10.4. The first-order valence-corrected chi connectivity index (χ1v) is 3.69. The van der Waals surface area contributed by atoms with Crippen molar-refractivity contribution in [2.75, 3.05) is 0 Å². The van der Waals surface area contributed by atoms with Crippen molar-refractivity contribution in [3.8, 4) is 0 Å². The average molecular weight is 178 g/mol. The highest BCUT2D eigenvalue weighted by Gasteiger charge is 2.10. The molecule has 1 heterocycles. The zero-order valence-electron chi connectivity index (χ0n) is 6.85. The fourth-order valence-corrected chi connectivity index (χ4v) is 1.17. The Bertz CT molecular complexity index is 475. The summed E-state index contributed by atoms with van der Waals surface area (Å²) in [6.45, 7) is 1.79. The molecule has 0 radical (unpaired) electrons. The molecule has 0 fully saturated rings. The van der Waals surface area contributed by atoms with Crippen molar-refractivity contribution >= 4 is 16.7 Å². The van der Waals surface area contributed by atoms with Gasteiger partial charge in [-0.3, -0.25) is 10.1 Å². The van der Waals surface area contributed by atoms with Crippen LogP contribution < -0.4 is 0 Å². The second-order valence-electron chi connectivity index (χ2n) is 2.71. The van der Waals surface area contributed by atoms with E-state index in [4.69, 9.17) is 4.52 Å². The summed E-state index contributed by atoms with van der Waals surface area (Å²) in [7, 11) is 0. The maximum Gasteiger partial charge on any atom is 0.273 e. The van der Waals surface area contributed by atoms with Crippen LogP contribution in [0.4, 0.5) is 5.69 Å². The smallest absolute Gasteiger partial charge is 0.273 e. The Hall–Kier alpha value is -1.91. The molecule has 0 saturated heterocycles. The number of nitro groups is 1. The lowest BCUT2D eigenvalue weighted by Gasteiger charge is -1.89. The molecule has 0 bridgehead atoms. The first kappa shape index (κ1) is 7.72. The number of rotatable bonds is 1. The van der Waals surface area contributed by atoms with Crippen LogP contribution in [0.15, 0.2) is 22.7 Å². The maximum absolute atomic E-state index is 10.4. The number of non-ortho nitro benzene ring substituents is 1. The van der Waals surface area contributed by atoms with E-state index in [-0.39, 0.29) is 5.69 Å². The molecular formula is C8H6N2O3. The van der Waals surface area contributed by atoms with E-state index in [0.29, 0.717) is 5.58 Å². The first-order valence-electron chi connectivity index (χ1n) is 3.69. The Morgan fingerprint density at radius 2 is 2.31 bits per heavy atom. The van der Waals surface area contributed by atoms with Crippen LogP contribution in [0, 0.1) is 17.0 Å². The van der Waals surface area contributed by atoms with Gasteiger partial charge in [-0.2, -0.15) is 0 Å². The third-order valence-corrected chi connectivity index (χ3v) is 1.85. The molecule has 0 spiro atoms. The lowest BCUT2D eigenvalue weighted by molar-refractivity contribution is -0.384. The summed E-state index contributed by atoms with van der Waals surface area (Å²) in [4.78, 5) is 9.93. The molecule has 2 aromatic rings. The molecule has 0 saturated carbocycles. The minimum Gasteiger partial charge on any atom is -0.356 e. The second kappa shape index (κ2) is 2.55. The minimum absolute atomic E-state index is 0.0173. The zero-order valence-corrected chi connectivity index (χ0v) is 6.85. The van der Waals surface area contributed by atoms with Crippen molar-refractivity contribution in [2.45, 2.75) is 6.92 Å². The minimum atomic E-state index is -0.461. The molecule has 0 aliphatic heterocycles. The van der Waals surface area contributed by atoms with Gasteiger partial charge in [-0.15, -0.1) is 0 Å². The standard InChI is InChI=1S/C8H6N2O3/c1-5-7-3-2-6(10(11)12)4-8(7)13-9-5/h2-4H,1H3. The monoisotopic (exact) mass is 178 g/mol. The summed E-state index contributed by atoms with van der Waals surface area (Å²) in [5, 5.41) is 14.9. The van der Waals surface area contributed by atoms with Gasteiger partial charge in [-0.25, -0.2) is 0 Å². The highest BCUT2D eigenvalue weighted by atomic mass is 16.6. The summed E-state index contributed by atoms with van der Waals surface area (Å²) in [6, 6.07) is 4.45. The number of aromatic nitrogens is 1. The third-order valence-electron chi connectivity index (χ3n) is 1.85. The molecule has 2 rings (SSSR count). The Morgan fingerprint density at radius 3 is 3.00 bits per heavy atom. The molecule has 0 aliphatic carbocycles. The summed E-state index contributed by atoms with van der Waals surface area (Å²) < 4.78 is 4.89. The van der Waals surface area contributed by atoms with Crippen LogP contribution in [-0.4, -0.2) is 10.1 Å². The van der Waals surface area contributed by atoms with E-state index in [0.717, 1.165) is 11.1 Å². The van der Waals surface area contributed by atoms with Gasteiger partial charge in [0.15, 0.2) is 5.58 Å². The van der Waals surface area contributed by atoms with Crippen molar-refractivity contribution in [3.05, 3.63) is 34.0 Å². The molecule has 5 heteroatoms. The highest BCUT2D eigenvalue weighted by Crippen LogP contribution is 2.22. The van der Waals surface area contributed by atoms with Gasteiger partial charge < -0.3 is 4.52 Å². The SMILES string of the molecule is Cc1noc2cc([N+](=O)[O-])ccc12. The van der Waals surface area contributed by atoms with Crippen LogP contribution in [-0.2, 0) is 0 Å². The molecule has 0 aliphatic rings. The quantitative estimate of drug-likeness (QED) is 0.495. The Morgan fingerprint density at radius 1 is 1.54 bits per heavy atom. The van der Waals surface area contributed by atoms with E-state index >= 15 is 0 Å². The summed E-state index contributed by atoms with van der Waals surface area (Å²) in [6.07, 6.45) is 0. The summed E-state index contributed by atoms with van der Waals surface area (Å²) >= 11 is 0. The molecule has 1 aromatic heterocycles. The first-order chi connectivity index (χ1) is 6.18. The topological polar surface area (TPSA) is 69.2 Å². The largest absolute Gasteiger partial charge is 0.356 e. The van der Waals surface area contributed by atoms with Crippen LogP contribution in [0.1, 0.15) is 5.69 Å². The van der Waals surface area contributed by atoms with Crippen LogP contribution in [0.3, 0.4) is 0 Å². The number of nitrogens with zero attached hydrogens (tertiary/aromatic N) is 2. The van der Waals surface area contributed by atoms with Crippen molar-refractivity contribution in [2.24, 2.45) is 0 Å². The molecule has 66 valence electrons. The van der Waals surface area contributed by atoms with Crippen molar-refractivity contribution in [1.29, 1.82) is 0 Å². The second-order valence-corrected chi connectivity index (χ2v) is 2.71. The van der Waals surface area contributed by atoms with E-state index in [1.165, 1.54) is 12.1 Å². The van der Waals surface area contributed by atoms with E-state index in [1.54, 1.807) is 13.0 Å². The van der Waals surface area contributed by atoms with Crippen molar-refractivity contribution in [1.82, 2.24) is 5.16 Å². The molecule has 1 aromatic carbocycles. The Balaban J connectivity index is 2.70. The summed E-state index contributed by atoms with van der Waals surface area (Å²) in [5.41, 5.74) is 1.21. The molecule has 0 unspecified atom stereocenters. The summed E-state index contributed by atoms with van der Waals surface area (Å²) in [5.74, 6) is 0. The Kier molecular flexibility index (Phi) is 1.51. The lowest BCUT2D eigenvalue weighted by Crippen LogP contribution is -1.86. The van der Waals surface area contributed by atoms with Gasteiger partial charge in [0.25, 0.3) is 5.69 Å². The third kappa shape index (κ3) is 1.14. The van der Waals surface area contributed by atoms with E-state index in [9.17, 15) is 10.1 Å². The number of aryl methyl sites for hydroxylation is 1. The number of hydrogen-bond donors (Lipinski definition) is 0. The number of hydrogen-bond acceptors (Lipinski definition) is 4. The molecule has 5 nitrogen and oxygen atoms in total. The van der Waals surface area contributed by atoms with Gasteiger partial charge >= 0.3 is 0 Å². The van der Waals surface area contributed by atoms with Crippen molar-refractivity contribution in [3.63, 3.8) is 0 Å². The van der Waals surface area contributed by atoms with Crippen LogP contribution in [0.25, 0.3) is 11.0 Å². The molecule has 0 N–H and O–H groups in total. The molecule has 0 atom stereocenters. The van der Waals surface area contributed by atoms with Crippen LogP contribution >= 0.6 is 0 Å². The Labute approximate surface area is 73.1 Å². The van der Waals surface area contributed by atoms with Gasteiger partial charge in [0.1, 0.15) is 0 Å². The highest BCUT2D eigenvalue weighted by molar-refractivity contribution is 5.81. The fourth-order valence-electron chi connectivity index (χ4n) is 1.17. The van der Waals surface area contributed by atoms with Gasteiger partial charge in [-0.05, 0) is 13.0 Å². The fraction of sp³-hybridized carbons (Fsp3) is 0.125. The number of benzene rings is 1. The lowest BCUT2D eigenvalue weighted by atomic mass is 10.2. The van der Waals surface area contributed by atoms with Crippen LogP contribution in [0.5, 0.6) is 0 Å². The van der Waals surface area contributed by atoms with E-state index < -0.39 is 4.92 Å². The molecule has 13 heavy (non-hydrogen) atoms. The van der Waals surface area contributed by atoms with Gasteiger partial charge in [0.05, 0.1) is 16.7 Å². The van der Waals surface area contributed by atoms with Gasteiger partial charge in [0, 0.05) is 11.5 Å². The predicted octanol–water partition coefficient (Wildman–Crippen LogP) is 2.04. The number of fused-ring (bicyclic) bond motifs is 1.